The Balaban J connectivity index is 2.33. The zero-order chi connectivity index (χ0) is 10.1. The van der Waals surface area contributed by atoms with E-state index in [-0.39, 0.29) is 0 Å². The van der Waals surface area contributed by atoms with Gasteiger partial charge in [0, 0.05) is 5.38 Å². The van der Waals surface area contributed by atoms with Gasteiger partial charge in [0.25, 0.3) is 0 Å². The van der Waals surface area contributed by atoms with Crippen molar-refractivity contribution in [3.05, 3.63) is 27.5 Å². The molecule has 2 aromatic heterocycles. The summed E-state index contributed by atoms with van der Waals surface area (Å²) in [6, 6.07) is 3.94. The van der Waals surface area contributed by atoms with Crippen molar-refractivity contribution in [2.45, 2.75) is 19.8 Å². The van der Waals surface area contributed by atoms with Gasteiger partial charge in [-0.05, 0) is 18.1 Å². The van der Waals surface area contributed by atoms with Crippen molar-refractivity contribution < 1.29 is 0 Å². The second kappa shape index (κ2) is 4.01. The van der Waals surface area contributed by atoms with E-state index < -0.39 is 0 Å². The van der Waals surface area contributed by atoms with Crippen LogP contribution in [0.15, 0.2) is 17.5 Å². The van der Waals surface area contributed by atoms with Gasteiger partial charge >= 0.3 is 0 Å². The summed E-state index contributed by atoms with van der Waals surface area (Å²) < 4.78 is 0.821. The summed E-state index contributed by atoms with van der Waals surface area (Å²) in [7, 11) is 0. The Morgan fingerprint density at radius 3 is 2.64 bits per heavy atom. The smallest absolute Gasteiger partial charge is 0.133 e. The molecule has 0 bridgehead atoms. The molecular formula is C10H10ClNS2. The minimum absolute atomic E-state index is 0.496. The van der Waals surface area contributed by atoms with Gasteiger partial charge in [0.15, 0.2) is 0 Å². The van der Waals surface area contributed by atoms with E-state index in [1.165, 1.54) is 0 Å². The molecule has 0 unspecified atom stereocenters. The van der Waals surface area contributed by atoms with Crippen LogP contribution in [0.25, 0.3) is 9.88 Å². The number of nitrogens with zero attached hydrogens (tertiary/aromatic N) is 1. The Morgan fingerprint density at radius 1 is 1.36 bits per heavy atom. The lowest BCUT2D eigenvalue weighted by Gasteiger charge is -1.96. The molecule has 1 nitrogen and oxygen atoms in total. The molecule has 14 heavy (non-hydrogen) atoms. The minimum Gasteiger partial charge on any atom is -0.240 e. The summed E-state index contributed by atoms with van der Waals surface area (Å²) in [6.07, 6.45) is 0. The summed E-state index contributed by atoms with van der Waals surface area (Å²) in [5, 5.41) is 3.19. The van der Waals surface area contributed by atoms with Crippen LogP contribution in [0, 0.1) is 0 Å². The molecule has 0 atom stereocenters. The average Bonchev–Trinajstić information content (AvgIpc) is 2.70. The van der Waals surface area contributed by atoms with E-state index in [0.29, 0.717) is 5.92 Å². The van der Waals surface area contributed by atoms with Crippen molar-refractivity contribution in [1.82, 2.24) is 4.98 Å². The monoisotopic (exact) mass is 243 g/mol. The standard InChI is InChI=1S/C10H10ClNS2/c1-6(2)7-5-13-10(12-7)8-3-4-9(11)14-8/h3-6H,1-2H3. The molecule has 0 aliphatic heterocycles. The fourth-order valence-corrected chi connectivity index (χ4v) is 3.19. The molecular weight excluding hydrogens is 234 g/mol. The van der Waals surface area contributed by atoms with E-state index in [2.05, 4.69) is 24.2 Å². The lowest BCUT2D eigenvalue weighted by molar-refractivity contribution is 0.834. The van der Waals surface area contributed by atoms with Crippen LogP contribution in [0.4, 0.5) is 0 Å². The van der Waals surface area contributed by atoms with E-state index in [4.69, 9.17) is 11.6 Å². The second-order valence-corrected chi connectivity index (χ2v) is 5.91. The summed E-state index contributed by atoms with van der Waals surface area (Å²) in [5.41, 5.74) is 1.16. The van der Waals surface area contributed by atoms with Crippen LogP contribution in [-0.4, -0.2) is 4.98 Å². The third-order valence-electron chi connectivity index (χ3n) is 1.90. The predicted octanol–water partition coefficient (Wildman–Crippen LogP) is 4.65. The molecule has 0 N–H and O–H groups in total. The molecule has 0 aliphatic carbocycles. The molecule has 0 spiro atoms. The highest BCUT2D eigenvalue weighted by molar-refractivity contribution is 7.23. The maximum atomic E-state index is 5.88. The Hall–Kier alpha value is -0.380. The van der Waals surface area contributed by atoms with Crippen molar-refractivity contribution >= 4 is 34.3 Å². The Bertz CT molecular complexity index is 431. The number of thiophene rings is 1. The molecule has 0 aromatic carbocycles. The first-order valence-corrected chi connectivity index (χ1v) is 6.45. The van der Waals surface area contributed by atoms with Crippen LogP contribution >= 0.6 is 34.3 Å². The van der Waals surface area contributed by atoms with E-state index in [1.807, 2.05) is 12.1 Å². The zero-order valence-electron chi connectivity index (χ0n) is 7.95. The number of hydrogen-bond donors (Lipinski definition) is 0. The second-order valence-electron chi connectivity index (χ2n) is 3.34. The molecule has 2 aromatic rings. The van der Waals surface area contributed by atoms with Crippen LogP contribution in [0.1, 0.15) is 25.5 Å². The fourth-order valence-electron chi connectivity index (χ4n) is 1.09. The molecule has 2 rings (SSSR count). The number of hydrogen-bond acceptors (Lipinski definition) is 3. The van der Waals surface area contributed by atoms with Crippen molar-refractivity contribution in [2.24, 2.45) is 0 Å². The maximum Gasteiger partial charge on any atom is 0.133 e. The molecule has 0 aliphatic rings. The summed E-state index contributed by atoms with van der Waals surface area (Å²) in [6.45, 7) is 4.31. The van der Waals surface area contributed by atoms with Crippen molar-refractivity contribution in [3.63, 3.8) is 0 Å². The van der Waals surface area contributed by atoms with Gasteiger partial charge in [0.1, 0.15) is 5.01 Å². The SMILES string of the molecule is CC(C)c1csc(-c2ccc(Cl)s2)n1. The van der Waals surface area contributed by atoms with Crippen molar-refractivity contribution in [2.75, 3.05) is 0 Å². The fraction of sp³-hybridized carbons (Fsp3) is 0.300. The van der Waals surface area contributed by atoms with Crippen LogP contribution in [0.5, 0.6) is 0 Å². The molecule has 0 amide bonds. The Labute approximate surface area is 96.4 Å². The average molecular weight is 244 g/mol. The minimum atomic E-state index is 0.496. The molecule has 0 radical (unpaired) electrons. The van der Waals surface area contributed by atoms with E-state index >= 15 is 0 Å². The van der Waals surface area contributed by atoms with Gasteiger partial charge in [0.05, 0.1) is 14.9 Å². The molecule has 2 heterocycles. The summed E-state index contributed by atoms with van der Waals surface area (Å²) >= 11 is 9.14. The van der Waals surface area contributed by atoms with Gasteiger partial charge in [0.2, 0.25) is 0 Å². The number of thiazole rings is 1. The van der Waals surface area contributed by atoms with Gasteiger partial charge in [-0.1, -0.05) is 25.4 Å². The van der Waals surface area contributed by atoms with E-state index in [1.54, 1.807) is 22.7 Å². The van der Waals surface area contributed by atoms with Gasteiger partial charge in [-0.3, -0.25) is 0 Å². The van der Waals surface area contributed by atoms with Gasteiger partial charge in [-0.25, -0.2) is 4.98 Å². The van der Waals surface area contributed by atoms with Gasteiger partial charge < -0.3 is 0 Å². The zero-order valence-corrected chi connectivity index (χ0v) is 10.3. The molecule has 0 saturated carbocycles. The highest BCUT2D eigenvalue weighted by atomic mass is 35.5. The quantitative estimate of drug-likeness (QED) is 0.748. The molecule has 0 saturated heterocycles. The third kappa shape index (κ3) is 2.00. The number of rotatable bonds is 2. The topological polar surface area (TPSA) is 12.9 Å². The first kappa shape index (κ1) is 10.1. The first-order valence-electron chi connectivity index (χ1n) is 4.38. The Morgan fingerprint density at radius 2 is 2.14 bits per heavy atom. The largest absolute Gasteiger partial charge is 0.240 e. The molecule has 4 heteroatoms. The lowest BCUT2D eigenvalue weighted by atomic mass is 10.2. The van der Waals surface area contributed by atoms with Gasteiger partial charge in [-0.2, -0.15) is 0 Å². The highest BCUT2D eigenvalue weighted by Crippen LogP contribution is 2.33. The van der Waals surface area contributed by atoms with Gasteiger partial charge in [-0.15, -0.1) is 22.7 Å². The van der Waals surface area contributed by atoms with E-state index in [0.717, 1.165) is 19.9 Å². The van der Waals surface area contributed by atoms with E-state index in [9.17, 15) is 0 Å². The number of aromatic nitrogens is 1. The normalized spacial score (nSPS) is 11.1. The summed E-state index contributed by atoms with van der Waals surface area (Å²) in [5.74, 6) is 0.496. The van der Waals surface area contributed by atoms with Crippen LogP contribution < -0.4 is 0 Å². The van der Waals surface area contributed by atoms with Crippen molar-refractivity contribution in [3.8, 4) is 9.88 Å². The Kier molecular flexibility index (Phi) is 2.91. The first-order chi connectivity index (χ1) is 6.66. The van der Waals surface area contributed by atoms with Crippen LogP contribution in [0.3, 0.4) is 0 Å². The van der Waals surface area contributed by atoms with Crippen LogP contribution in [-0.2, 0) is 0 Å². The maximum absolute atomic E-state index is 5.88. The highest BCUT2D eigenvalue weighted by Gasteiger charge is 2.08. The molecule has 74 valence electrons. The number of halogens is 1. The van der Waals surface area contributed by atoms with Crippen molar-refractivity contribution in [1.29, 1.82) is 0 Å². The summed E-state index contributed by atoms with van der Waals surface area (Å²) in [4.78, 5) is 5.72. The van der Waals surface area contributed by atoms with Crippen LogP contribution in [0.2, 0.25) is 4.34 Å². The lowest BCUT2D eigenvalue weighted by Crippen LogP contribution is -1.85. The third-order valence-corrected chi connectivity index (χ3v) is 4.16. The predicted molar refractivity (Wildman–Crippen MR) is 64.5 cm³/mol. The molecule has 0 fully saturated rings.